The van der Waals surface area contributed by atoms with Crippen molar-refractivity contribution >= 4 is 16.8 Å². The van der Waals surface area contributed by atoms with Gasteiger partial charge in [0.2, 0.25) is 5.91 Å². The summed E-state index contributed by atoms with van der Waals surface area (Å²) in [4.78, 5) is 29.2. The molecule has 0 radical (unpaired) electrons. The highest BCUT2D eigenvalue weighted by Gasteiger charge is 2.16. The number of fused-ring (bicyclic) bond motifs is 1. The topological polar surface area (TPSA) is 82.6 Å². The number of aromatic nitrogens is 1. The van der Waals surface area contributed by atoms with E-state index in [1.165, 1.54) is 4.90 Å². The van der Waals surface area contributed by atoms with Gasteiger partial charge in [0, 0.05) is 24.5 Å². The first kappa shape index (κ1) is 20.6. The van der Waals surface area contributed by atoms with Gasteiger partial charge in [0.25, 0.3) is 5.56 Å². The Morgan fingerprint density at radius 2 is 2.00 bits per heavy atom. The summed E-state index contributed by atoms with van der Waals surface area (Å²) in [6.45, 7) is 2.14. The first-order chi connectivity index (χ1) is 13.9. The first-order valence-corrected chi connectivity index (χ1v) is 9.56. The van der Waals surface area contributed by atoms with E-state index in [0.29, 0.717) is 23.3 Å². The van der Waals surface area contributed by atoms with Gasteiger partial charge in [-0.3, -0.25) is 9.59 Å². The number of benzene rings is 2. The van der Waals surface area contributed by atoms with Crippen LogP contribution >= 0.6 is 0 Å². The van der Waals surface area contributed by atoms with Crippen LogP contribution in [-0.2, 0) is 11.2 Å². The van der Waals surface area contributed by atoms with Crippen molar-refractivity contribution < 1.29 is 14.6 Å². The normalized spacial score (nSPS) is 12.0. The molecular weight excluding hydrogens is 368 g/mol. The number of hydrogen-bond donors (Lipinski definition) is 2. The fourth-order valence-corrected chi connectivity index (χ4v) is 3.29. The maximum absolute atomic E-state index is 12.5. The third kappa shape index (κ3) is 5.03. The molecule has 1 atom stereocenters. The molecule has 0 saturated carbocycles. The SMILES string of the molecule is COc1cccc(C(O)CN(C)C(=O)CCc2cc3ccc(C)cc3[nH]c2=O)c1. The molecular formula is C23H26N2O4. The summed E-state index contributed by atoms with van der Waals surface area (Å²) >= 11 is 0. The summed E-state index contributed by atoms with van der Waals surface area (Å²) in [5.41, 5.74) is 2.97. The minimum absolute atomic E-state index is 0.129. The minimum Gasteiger partial charge on any atom is -0.497 e. The number of aryl methyl sites for hydroxylation is 2. The number of aromatic amines is 1. The number of amides is 1. The van der Waals surface area contributed by atoms with Crippen molar-refractivity contribution in [2.75, 3.05) is 20.7 Å². The Morgan fingerprint density at radius 1 is 1.21 bits per heavy atom. The van der Waals surface area contributed by atoms with Crippen LogP contribution in [0.1, 0.15) is 29.2 Å². The molecule has 0 saturated heterocycles. The highest BCUT2D eigenvalue weighted by Crippen LogP contribution is 2.20. The number of aliphatic hydroxyl groups excluding tert-OH is 1. The number of pyridine rings is 1. The second-order valence-corrected chi connectivity index (χ2v) is 7.28. The van der Waals surface area contributed by atoms with E-state index >= 15 is 0 Å². The minimum atomic E-state index is -0.814. The van der Waals surface area contributed by atoms with E-state index in [1.807, 2.05) is 31.2 Å². The lowest BCUT2D eigenvalue weighted by Crippen LogP contribution is -2.31. The number of carbonyl (C=O) groups excluding carboxylic acids is 1. The Morgan fingerprint density at radius 3 is 2.76 bits per heavy atom. The van der Waals surface area contributed by atoms with Crippen LogP contribution < -0.4 is 10.3 Å². The van der Waals surface area contributed by atoms with Crippen molar-refractivity contribution in [3.63, 3.8) is 0 Å². The van der Waals surface area contributed by atoms with Gasteiger partial charge in [-0.1, -0.05) is 24.3 Å². The zero-order chi connectivity index (χ0) is 21.0. The molecule has 1 amide bonds. The molecule has 1 aromatic heterocycles. The van der Waals surface area contributed by atoms with Crippen LogP contribution in [0.5, 0.6) is 5.75 Å². The number of likely N-dealkylation sites (N-methyl/N-ethyl adjacent to an activating group) is 1. The lowest BCUT2D eigenvalue weighted by Gasteiger charge is -2.21. The average molecular weight is 394 g/mol. The van der Waals surface area contributed by atoms with Gasteiger partial charge >= 0.3 is 0 Å². The lowest BCUT2D eigenvalue weighted by molar-refractivity contribution is -0.131. The molecule has 0 fully saturated rings. The molecule has 2 aromatic carbocycles. The molecule has 152 valence electrons. The zero-order valence-electron chi connectivity index (χ0n) is 16.9. The predicted octanol–water partition coefficient (Wildman–Crippen LogP) is 2.97. The van der Waals surface area contributed by atoms with E-state index in [2.05, 4.69) is 4.98 Å². The van der Waals surface area contributed by atoms with Crippen LogP contribution in [0.2, 0.25) is 0 Å². The molecule has 0 aliphatic rings. The van der Waals surface area contributed by atoms with Gasteiger partial charge in [-0.15, -0.1) is 0 Å². The lowest BCUT2D eigenvalue weighted by atomic mass is 10.1. The van der Waals surface area contributed by atoms with Gasteiger partial charge in [0.05, 0.1) is 19.8 Å². The molecule has 29 heavy (non-hydrogen) atoms. The van der Waals surface area contributed by atoms with Crippen LogP contribution in [0.3, 0.4) is 0 Å². The monoisotopic (exact) mass is 394 g/mol. The average Bonchev–Trinajstić information content (AvgIpc) is 2.71. The molecule has 1 unspecified atom stereocenters. The van der Waals surface area contributed by atoms with E-state index in [0.717, 1.165) is 16.5 Å². The second-order valence-electron chi connectivity index (χ2n) is 7.28. The van der Waals surface area contributed by atoms with Crippen LogP contribution in [0, 0.1) is 6.92 Å². The molecule has 6 nitrogen and oxygen atoms in total. The summed E-state index contributed by atoms with van der Waals surface area (Å²) < 4.78 is 5.17. The van der Waals surface area contributed by atoms with Gasteiger partial charge in [-0.25, -0.2) is 0 Å². The van der Waals surface area contributed by atoms with E-state index in [4.69, 9.17) is 4.74 Å². The smallest absolute Gasteiger partial charge is 0.251 e. The second kappa shape index (κ2) is 8.92. The van der Waals surface area contributed by atoms with E-state index in [-0.39, 0.29) is 24.4 Å². The largest absolute Gasteiger partial charge is 0.497 e. The summed E-state index contributed by atoms with van der Waals surface area (Å²) in [7, 11) is 3.22. The Kier molecular flexibility index (Phi) is 6.34. The zero-order valence-corrected chi connectivity index (χ0v) is 16.9. The Balaban J connectivity index is 1.62. The number of rotatable bonds is 7. The Labute approximate surface area is 169 Å². The van der Waals surface area contributed by atoms with Crippen LogP contribution in [0.4, 0.5) is 0 Å². The van der Waals surface area contributed by atoms with Crippen LogP contribution in [0.15, 0.2) is 53.3 Å². The first-order valence-electron chi connectivity index (χ1n) is 9.56. The molecule has 1 heterocycles. The number of H-pyrrole nitrogens is 1. The quantitative estimate of drug-likeness (QED) is 0.645. The van der Waals surface area contributed by atoms with Crippen molar-refractivity contribution in [2.45, 2.75) is 25.9 Å². The van der Waals surface area contributed by atoms with Crippen molar-refractivity contribution in [1.29, 1.82) is 0 Å². The molecule has 3 aromatic rings. The van der Waals surface area contributed by atoms with Gasteiger partial charge in [0.1, 0.15) is 5.75 Å². The Bertz CT molecular complexity index is 1070. The van der Waals surface area contributed by atoms with Gasteiger partial charge < -0.3 is 19.7 Å². The van der Waals surface area contributed by atoms with Gasteiger partial charge in [-0.2, -0.15) is 0 Å². The highest BCUT2D eigenvalue weighted by molar-refractivity contribution is 5.80. The maximum Gasteiger partial charge on any atom is 0.251 e. The molecule has 6 heteroatoms. The van der Waals surface area contributed by atoms with Gasteiger partial charge in [0.15, 0.2) is 0 Å². The number of nitrogens with one attached hydrogen (secondary N) is 1. The summed E-state index contributed by atoms with van der Waals surface area (Å²) in [5.74, 6) is 0.525. The molecule has 0 spiro atoms. The van der Waals surface area contributed by atoms with E-state index < -0.39 is 6.10 Å². The summed E-state index contributed by atoms with van der Waals surface area (Å²) in [5, 5.41) is 11.4. The van der Waals surface area contributed by atoms with E-state index in [9.17, 15) is 14.7 Å². The number of ether oxygens (including phenoxy) is 1. The summed E-state index contributed by atoms with van der Waals surface area (Å²) in [6, 6.07) is 14.9. The maximum atomic E-state index is 12.5. The highest BCUT2D eigenvalue weighted by atomic mass is 16.5. The third-order valence-electron chi connectivity index (χ3n) is 5.04. The van der Waals surface area contributed by atoms with Crippen LogP contribution in [-0.4, -0.2) is 41.6 Å². The number of carbonyl (C=O) groups is 1. The molecule has 3 rings (SSSR count). The van der Waals surface area contributed by atoms with Gasteiger partial charge in [-0.05, 0) is 54.1 Å². The number of nitrogens with zero attached hydrogens (tertiary/aromatic N) is 1. The third-order valence-corrected chi connectivity index (χ3v) is 5.04. The molecule has 0 bridgehead atoms. The molecule has 0 aliphatic heterocycles. The summed E-state index contributed by atoms with van der Waals surface area (Å²) in [6.07, 6.45) is -0.273. The van der Waals surface area contributed by atoms with E-state index in [1.54, 1.807) is 38.4 Å². The number of aliphatic hydroxyl groups is 1. The predicted molar refractivity (Wildman–Crippen MR) is 113 cm³/mol. The molecule has 0 aliphatic carbocycles. The van der Waals surface area contributed by atoms with Crippen molar-refractivity contribution in [2.24, 2.45) is 0 Å². The molecule has 2 N–H and O–H groups in total. The van der Waals surface area contributed by atoms with Crippen LogP contribution in [0.25, 0.3) is 10.9 Å². The number of methoxy groups -OCH3 is 1. The van der Waals surface area contributed by atoms with Crippen molar-refractivity contribution in [3.05, 3.63) is 75.6 Å². The Hall–Kier alpha value is -3.12. The number of hydrogen-bond acceptors (Lipinski definition) is 4. The fourth-order valence-electron chi connectivity index (χ4n) is 3.29. The fraction of sp³-hybridized carbons (Fsp3) is 0.304. The van der Waals surface area contributed by atoms with Crippen molar-refractivity contribution in [1.82, 2.24) is 9.88 Å². The van der Waals surface area contributed by atoms with Crippen molar-refractivity contribution in [3.8, 4) is 5.75 Å². The standard InChI is InChI=1S/C23H26N2O4/c1-15-7-8-16-12-18(23(28)24-20(16)11-15)9-10-22(27)25(2)14-21(26)17-5-4-6-19(13-17)29-3/h4-8,11-13,21,26H,9-10,14H2,1-3H3,(H,24,28).